The van der Waals surface area contributed by atoms with E-state index < -0.39 is 5.60 Å². The van der Waals surface area contributed by atoms with Crippen molar-refractivity contribution in [2.45, 2.75) is 5.60 Å². The molecule has 0 saturated carbocycles. The van der Waals surface area contributed by atoms with E-state index in [0.29, 0.717) is 16.9 Å². The Morgan fingerprint density at radius 3 is 2.86 bits per heavy atom. The van der Waals surface area contributed by atoms with E-state index >= 15 is 0 Å². The van der Waals surface area contributed by atoms with Crippen molar-refractivity contribution >= 4 is 17.2 Å². The minimum Gasteiger partial charge on any atom is -0.472 e. The molecule has 3 aromatic heterocycles. The van der Waals surface area contributed by atoms with Gasteiger partial charge in [-0.2, -0.15) is 11.3 Å². The number of aliphatic hydroxyl groups is 1. The van der Waals surface area contributed by atoms with Gasteiger partial charge in [0.15, 0.2) is 5.60 Å². The molecule has 0 saturated heterocycles. The molecule has 108 valence electrons. The van der Waals surface area contributed by atoms with E-state index in [1.165, 1.54) is 30.1 Å². The van der Waals surface area contributed by atoms with E-state index in [1.54, 1.807) is 24.3 Å². The monoisotopic (exact) mass is 303 g/mol. The molecule has 0 aliphatic rings. The van der Waals surface area contributed by atoms with Gasteiger partial charge < -0.3 is 19.3 Å². The standard InChI is InChI=1S/C15H13NO4S/c17-14(11-3-6-19-8-11)16-10-15(18,12-4-7-21-9-12)13-2-1-5-20-13/h1-9,18H,10H2,(H,16,17)/t15-/m1/s1. The van der Waals surface area contributed by atoms with Crippen LogP contribution in [-0.4, -0.2) is 17.6 Å². The number of rotatable bonds is 5. The molecule has 3 rings (SSSR count). The highest BCUT2D eigenvalue weighted by Crippen LogP contribution is 2.31. The number of carbonyl (C=O) groups is 1. The Hall–Kier alpha value is -2.31. The van der Waals surface area contributed by atoms with Crippen LogP contribution in [0.4, 0.5) is 0 Å². The molecule has 0 spiro atoms. The molecule has 0 fully saturated rings. The van der Waals surface area contributed by atoms with E-state index in [2.05, 4.69) is 5.32 Å². The van der Waals surface area contributed by atoms with Gasteiger partial charge >= 0.3 is 0 Å². The minimum absolute atomic E-state index is 0.00125. The third kappa shape index (κ3) is 2.63. The summed E-state index contributed by atoms with van der Waals surface area (Å²) in [6.07, 6.45) is 4.27. The Morgan fingerprint density at radius 2 is 2.24 bits per heavy atom. The first-order chi connectivity index (χ1) is 10.2. The third-order valence-corrected chi connectivity index (χ3v) is 3.90. The lowest BCUT2D eigenvalue weighted by Gasteiger charge is -2.25. The van der Waals surface area contributed by atoms with Crippen molar-refractivity contribution in [1.82, 2.24) is 5.32 Å². The van der Waals surface area contributed by atoms with Gasteiger partial charge in [-0.1, -0.05) is 0 Å². The molecular weight excluding hydrogens is 290 g/mol. The van der Waals surface area contributed by atoms with Crippen molar-refractivity contribution < 1.29 is 18.7 Å². The molecule has 21 heavy (non-hydrogen) atoms. The van der Waals surface area contributed by atoms with E-state index in [-0.39, 0.29) is 12.5 Å². The maximum atomic E-state index is 12.0. The summed E-state index contributed by atoms with van der Waals surface area (Å²) in [5.74, 6) is 0.0670. The van der Waals surface area contributed by atoms with Gasteiger partial charge in [-0.25, -0.2) is 0 Å². The topological polar surface area (TPSA) is 75.6 Å². The summed E-state index contributed by atoms with van der Waals surface area (Å²) in [6, 6.07) is 6.75. The van der Waals surface area contributed by atoms with E-state index in [1.807, 2.05) is 10.8 Å². The van der Waals surface area contributed by atoms with Crippen LogP contribution in [0, 0.1) is 0 Å². The van der Waals surface area contributed by atoms with E-state index in [0.717, 1.165) is 0 Å². The molecule has 1 atom stereocenters. The van der Waals surface area contributed by atoms with Crippen molar-refractivity contribution in [3.63, 3.8) is 0 Å². The lowest BCUT2D eigenvalue weighted by Crippen LogP contribution is -2.41. The van der Waals surface area contributed by atoms with Crippen molar-refractivity contribution in [2.24, 2.45) is 0 Å². The Labute approximate surface area is 124 Å². The predicted molar refractivity (Wildman–Crippen MR) is 77.1 cm³/mol. The van der Waals surface area contributed by atoms with Gasteiger partial charge in [0.1, 0.15) is 12.0 Å². The second-order valence-electron chi connectivity index (χ2n) is 4.54. The molecule has 2 N–H and O–H groups in total. The van der Waals surface area contributed by atoms with Crippen LogP contribution in [0.2, 0.25) is 0 Å². The number of carbonyl (C=O) groups excluding carboxylic acids is 1. The Kier molecular flexibility index (Phi) is 3.64. The molecule has 0 bridgehead atoms. The minimum atomic E-state index is -1.40. The molecule has 3 aromatic rings. The van der Waals surface area contributed by atoms with Crippen LogP contribution in [0.25, 0.3) is 0 Å². The second kappa shape index (κ2) is 5.59. The summed E-state index contributed by atoms with van der Waals surface area (Å²) < 4.78 is 10.2. The van der Waals surface area contributed by atoms with Crippen molar-refractivity contribution in [1.29, 1.82) is 0 Å². The Bertz CT molecular complexity index is 652. The highest BCUT2D eigenvalue weighted by Gasteiger charge is 2.35. The summed E-state index contributed by atoms with van der Waals surface area (Å²) in [6.45, 7) is 0.00125. The molecule has 0 aromatic carbocycles. The predicted octanol–water partition coefficient (Wildman–Crippen LogP) is 2.60. The van der Waals surface area contributed by atoms with Crippen LogP contribution in [0.1, 0.15) is 21.7 Å². The van der Waals surface area contributed by atoms with Crippen LogP contribution in [0.3, 0.4) is 0 Å². The van der Waals surface area contributed by atoms with Crippen molar-refractivity contribution in [3.05, 3.63) is 70.7 Å². The number of amides is 1. The first-order valence-electron chi connectivity index (χ1n) is 6.29. The highest BCUT2D eigenvalue weighted by molar-refractivity contribution is 7.08. The number of hydrogen-bond donors (Lipinski definition) is 2. The van der Waals surface area contributed by atoms with E-state index in [9.17, 15) is 9.90 Å². The SMILES string of the molecule is O=C(NC[C@@](O)(c1ccsc1)c1ccco1)c1ccoc1. The zero-order chi connectivity index (χ0) is 14.7. The lowest BCUT2D eigenvalue weighted by molar-refractivity contribution is 0.0528. The molecule has 0 aliphatic carbocycles. The summed E-state index contributed by atoms with van der Waals surface area (Å²) in [7, 11) is 0. The van der Waals surface area contributed by atoms with Gasteiger partial charge in [-0.05, 0) is 35.0 Å². The fraction of sp³-hybridized carbons (Fsp3) is 0.133. The van der Waals surface area contributed by atoms with Crippen molar-refractivity contribution in [3.8, 4) is 0 Å². The fourth-order valence-electron chi connectivity index (χ4n) is 2.05. The number of hydrogen-bond acceptors (Lipinski definition) is 5. The van der Waals surface area contributed by atoms with Crippen LogP contribution < -0.4 is 5.32 Å². The first kappa shape index (κ1) is 13.7. The molecule has 1 amide bonds. The van der Waals surface area contributed by atoms with Gasteiger partial charge in [0.05, 0.1) is 24.6 Å². The molecule has 0 radical (unpaired) electrons. The first-order valence-corrected chi connectivity index (χ1v) is 7.24. The third-order valence-electron chi connectivity index (χ3n) is 3.22. The second-order valence-corrected chi connectivity index (χ2v) is 5.32. The Morgan fingerprint density at radius 1 is 1.33 bits per heavy atom. The van der Waals surface area contributed by atoms with Crippen molar-refractivity contribution in [2.75, 3.05) is 6.54 Å². The van der Waals surface area contributed by atoms with Gasteiger partial charge in [0, 0.05) is 5.56 Å². The largest absolute Gasteiger partial charge is 0.472 e. The number of nitrogens with one attached hydrogen (secondary N) is 1. The molecule has 0 unspecified atom stereocenters. The van der Waals surface area contributed by atoms with Crippen LogP contribution >= 0.6 is 11.3 Å². The zero-order valence-electron chi connectivity index (χ0n) is 11.0. The van der Waals surface area contributed by atoms with Crippen LogP contribution in [0.5, 0.6) is 0 Å². The van der Waals surface area contributed by atoms with Crippen LogP contribution in [-0.2, 0) is 5.60 Å². The smallest absolute Gasteiger partial charge is 0.254 e. The average molecular weight is 303 g/mol. The van der Waals surface area contributed by atoms with Gasteiger partial charge in [-0.15, -0.1) is 0 Å². The number of thiophene rings is 1. The lowest BCUT2D eigenvalue weighted by atomic mass is 9.93. The molecular formula is C15H13NO4S. The normalized spacial score (nSPS) is 13.8. The summed E-state index contributed by atoms with van der Waals surface area (Å²) in [5.41, 5.74) is -0.319. The molecule has 0 aliphatic heterocycles. The van der Waals surface area contributed by atoms with Crippen LogP contribution in [0.15, 0.2) is 62.6 Å². The average Bonchev–Trinajstić information content (AvgIpc) is 3.27. The summed E-state index contributed by atoms with van der Waals surface area (Å²) in [4.78, 5) is 12.0. The van der Waals surface area contributed by atoms with Gasteiger partial charge in [0.25, 0.3) is 5.91 Å². The molecule has 6 heteroatoms. The molecule has 5 nitrogen and oxygen atoms in total. The fourth-order valence-corrected chi connectivity index (χ4v) is 2.77. The Balaban J connectivity index is 1.83. The number of furan rings is 2. The highest BCUT2D eigenvalue weighted by atomic mass is 32.1. The molecule has 3 heterocycles. The maximum Gasteiger partial charge on any atom is 0.254 e. The van der Waals surface area contributed by atoms with E-state index in [4.69, 9.17) is 8.83 Å². The van der Waals surface area contributed by atoms with Gasteiger partial charge in [-0.3, -0.25) is 4.79 Å². The summed E-state index contributed by atoms with van der Waals surface area (Å²) >= 11 is 1.47. The van der Waals surface area contributed by atoms with Gasteiger partial charge in [0.2, 0.25) is 0 Å². The zero-order valence-corrected chi connectivity index (χ0v) is 11.8. The maximum absolute atomic E-state index is 12.0. The quantitative estimate of drug-likeness (QED) is 0.759. The summed E-state index contributed by atoms with van der Waals surface area (Å²) in [5, 5.41) is 17.3.